The van der Waals surface area contributed by atoms with Crippen molar-refractivity contribution in [2.45, 2.75) is 116 Å². The average Bonchev–Trinajstić information content (AvgIpc) is 2.24. The molecule has 438 valence electrons. The first-order valence-electron chi connectivity index (χ1n) is 28.6. The van der Waals surface area contributed by atoms with E-state index in [1.54, 1.807) is 58.3 Å². The number of halogens is 2. The molecule has 0 aliphatic carbocycles. The van der Waals surface area contributed by atoms with Crippen LogP contribution in [-0.4, -0.2) is 83.4 Å². The van der Waals surface area contributed by atoms with E-state index in [1.165, 1.54) is 24.3 Å². The summed E-state index contributed by atoms with van der Waals surface area (Å²) in [5.41, 5.74) is 6.88. The van der Waals surface area contributed by atoms with Gasteiger partial charge in [0.15, 0.2) is 0 Å². The molecular formula is C66H70F2N6O10. The Morgan fingerprint density at radius 1 is 0.369 bits per heavy atom. The van der Waals surface area contributed by atoms with Gasteiger partial charge in [0.2, 0.25) is 11.8 Å². The summed E-state index contributed by atoms with van der Waals surface area (Å²) in [6.07, 6.45) is 4.28. The summed E-state index contributed by atoms with van der Waals surface area (Å²) in [6, 6.07) is 37.3. The molecule has 0 radical (unpaired) electrons. The molecule has 6 aromatic rings. The first kappa shape index (κ1) is 61.0. The van der Waals surface area contributed by atoms with Crippen molar-refractivity contribution in [1.82, 2.24) is 31.1 Å². The highest BCUT2D eigenvalue weighted by molar-refractivity contribution is 6.08. The van der Waals surface area contributed by atoms with Gasteiger partial charge in [-0.3, -0.25) is 38.4 Å². The van der Waals surface area contributed by atoms with Crippen LogP contribution < -0.4 is 21.3 Å². The first-order chi connectivity index (χ1) is 40.8. The number of benzene rings is 6. The van der Waals surface area contributed by atoms with Crippen molar-refractivity contribution in [3.05, 3.63) is 212 Å². The molecule has 6 amide bonds. The minimum absolute atomic E-state index is 0.145. The molecule has 18 heteroatoms. The van der Waals surface area contributed by atoms with Crippen LogP contribution in [0, 0.1) is 11.6 Å². The normalized spacial score (nSPS) is 12.2. The summed E-state index contributed by atoms with van der Waals surface area (Å²) in [5.74, 6) is -3.64. The lowest BCUT2D eigenvalue weighted by molar-refractivity contribution is -0.146. The highest BCUT2D eigenvalue weighted by Crippen LogP contribution is 2.30. The smallest absolute Gasteiger partial charge is 0.306 e. The minimum atomic E-state index is -0.479. The predicted octanol–water partition coefficient (Wildman–Crippen LogP) is 9.14. The number of esters is 2. The van der Waals surface area contributed by atoms with E-state index in [0.717, 1.165) is 44.5 Å². The van der Waals surface area contributed by atoms with Gasteiger partial charge in [-0.25, -0.2) is 8.78 Å². The number of rotatable bonds is 29. The Labute approximate surface area is 487 Å². The van der Waals surface area contributed by atoms with Crippen molar-refractivity contribution in [3.63, 3.8) is 0 Å². The lowest BCUT2D eigenvalue weighted by Gasteiger charge is -2.16. The van der Waals surface area contributed by atoms with Crippen LogP contribution in [-0.2, 0) is 80.9 Å². The maximum absolute atomic E-state index is 13.8. The van der Waals surface area contributed by atoms with Crippen LogP contribution in [0.25, 0.3) is 0 Å². The number of nitrogens with zero attached hydrogens (tertiary/aromatic N) is 2. The van der Waals surface area contributed by atoms with Crippen LogP contribution in [0.1, 0.15) is 150 Å². The van der Waals surface area contributed by atoms with Gasteiger partial charge in [0.05, 0.1) is 22.3 Å². The molecule has 84 heavy (non-hydrogen) atoms. The van der Waals surface area contributed by atoms with Crippen LogP contribution in [0.15, 0.2) is 133 Å². The summed E-state index contributed by atoms with van der Waals surface area (Å²) in [5, 5.41) is 11.5. The number of fused-ring (bicyclic) bond motifs is 2. The molecule has 0 fully saturated rings. The van der Waals surface area contributed by atoms with E-state index in [9.17, 15) is 47.1 Å². The Kier molecular flexibility index (Phi) is 22.4. The van der Waals surface area contributed by atoms with E-state index in [1.807, 2.05) is 60.7 Å². The van der Waals surface area contributed by atoms with Gasteiger partial charge in [0, 0.05) is 78.0 Å². The zero-order valence-corrected chi connectivity index (χ0v) is 47.0. The lowest BCUT2D eigenvalue weighted by atomic mass is 9.98. The third kappa shape index (κ3) is 18.2. The number of amides is 6. The second-order valence-electron chi connectivity index (χ2n) is 21.0. The molecule has 8 rings (SSSR count). The van der Waals surface area contributed by atoms with Crippen molar-refractivity contribution in [2.24, 2.45) is 0 Å². The average molecular weight is 1150 g/mol. The molecule has 0 bridgehead atoms. The van der Waals surface area contributed by atoms with E-state index in [-0.39, 0.29) is 149 Å². The van der Waals surface area contributed by atoms with E-state index >= 15 is 0 Å². The maximum Gasteiger partial charge on any atom is 0.306 e. The summed E-state index contributed by atoms with van der Waals surface area (Å²) < 4.78 is 37.8. The van der Waals surface area contributed by atoms with Crippen molar-refractivity contribution < 1.29 is 56.6 Å². The second kappa shape index (κ2) is 30.8. The van der Waals surface area contributed by atoms with Gasteiger partial charge in [-0.05, 0) is 144 Å². The zero-order valence-electron chi connectivity index (χ0n) is 47.0. The number of carbonyl (C=O) groups excluding carboxylic acids is 8. The molecule has 0 aromatic heterocycles. The van der Waals surface area contributed by atoms with Gasteiger partial charge in [-0.15, -0.1) is 0 Å². The van der Waals surface area contributed by atoms with Crippen LogP contribution >= 0.6 is 0 Å². The van der Waals surface area contributed by atoms with Gasteiger partial charge < -0.3 is 40.5 Å². The Balaban J connectivity index is 0.821. The van der Waals surface area contributed by atoms with E-state index in [0.29, 0.717) is 51.4 Å². The molecule has 4 N–H and O–H groups in total. The highest BCUT2D eigenvalue weighted by atomic mass is 19.1. The van der Waals surface area contributed by atoms with E-state index in [4.69, 9.17) is 9.47 Å². The van der Waals surface area contributed by atoms with Crippen LogP contribution in [0.4, 0.5) is 8.78 Å². The number of ether oxygens (including phenoxy) is 2. The highest BCUT2D eigenvalue weighted by Gasteiger charge is 2.30. The third-order valence-electron chi connectivity index (χ3n) is 14.7. The summed E-state index contributed by atoms with van der Waals surface area (Å²) in [6.45, 7) is 2.17. The van der Waals surface area contributed by atoms with Crippen molar-refractivity contribution in [3.8, 4) is 0 Å². The first-order valence-corrected chi connectivity index (χ1v) is 28.6. The predicted molar refractivity (Wildman–Crippen MR) is 310 cm³/mol. The molecule has 2 heterocycles. The van der Waals surface area contributed by atoms with Crippen molar-refractivity contribution in [2.75, 3.05) is 26.2 Å². The Bertz CT molecular complexity index is 3070. The monoisotopic (exact) mass is 1140 g/mol. The number of nitrogens with one attached hydrogen (secondary N) is 4. The van der Waals surface area contributed by atoms with E-state index in [2.05, 4.69) is 21.3 Å². The van der Waals surface area contributed by atoms with E-state index < -0.39 is 23.6 Å². The molecule has 6 aromatic carbocycles. The van der Waals surface area contributed by atoms with Crippen LogP contribution in [0.5, 0.6) is 0 Å². The molecule has 16 nitrogen and oxygen atoms in total. The number of hydrogen-bond donors (Lipinski definition) is 4. The Hall–Kier alpha value is -9.06. The Morgan fingerprint density at radius 2 is 0.679 bits per heavy atom. The fraction of sp³-hybridized carbons (Fsp3) is 0.333. The van der Waals surface area contributed by atoms with Gasteiger partial charge in [0.1, 0.15) is 24.8 Å². The van der Waals surface area contributed by atoms with Gasteiger partial charge >= 0.3 is 11.9 Å². The number of carbonyl (C=O) groups is 8. The molecule has 0 saturated carbocycles. The van der Waals surface area contributed by atoms with Crippen LogP contribution in [0.3, 0.4) is 0 Å². The molecule has 0 spiro atoms. The quantitative estimate of drug-likeness (QED) is 0.0259. The molecular weight excluding hydrogens is 1070 g/mol. The third-order valence-corrected chi connectivity index (χ3v) is 14.7. The summed E-state index contributed by atoms with van der Waals surface area (Å²) in [7, 11) is 0. The zero-order chi connectivity index (χ0) is 59.2. The molecule has 0 saturated heterocycles. The Morgan fingerprint density at radius 3 is 1.01 bits per heavy atom. The molecule has 2 aliphatic heterocycles. The lowest BCUT2D eigenvalue weighted by Crippen LogP contribution is -2.31. The second-order valence-corrected chi connectivity index (χ2v) is 21.0. The van der Waals surface area contributed by atoms with Crippen LogP contribution in [0.2, 0.25) is 0 Å². The fourth-order valence-electron chi connectivity index (χ4n) is 10.0. The van der Waals surface area contributed by atoms with Crippen molar-refractivity contribution in [1.29, 1.82) is 0 Å². The SMILES string of the molecule is O=C(CCCCNC(=O)c1cc2c(cc1C(=O)NCCc1ccc(F)cc1)CN(C(=O)CCCCC(=O)N1Cc3cc(C(=O)NCCCCC(=O)OCc4ccccc4)c(C(=O)NCCc4ccc(F)cc4)cc3C1)C2)OCc1ccccc1. The fourth-order valence-corrected chi connectivity index (χ4v) is 10.0. The summed E-state index contributed by atoms with van der Waals surface area (Å²) >= 11 is 0. The number of unbranched alkanes of at least 4 members (excludes halogenated alkanes) is 3. The summed E-state index contributed by atoms with van der Waals surface area (Å²) in [4.78, 5) is 110. The van der Waals surface area contributed by atoms with Gasteiger partial charge in [-0.2, -0.15) is 0 Å². The topological polar surface area (TPSA) is 210 Å². The van der Waals surface area contributed by atoms with Crippen molar-refractivity contribution >= 4 is 47.4 Å². The van der Waals surface area contributed by atoms with Gasteiger partial charge in [-0.1, -0.05) is 84.9 Å². The largest absolute Gasteiger partial charge is 0.461 e. The minimum Gasteiger partial charge on any atom is -0.461 e. The maximum atomic E-state index is 13.8. The standard InChI is InChI=1S/C66H70F2N6O10/c67-53-25-21-45(22-26-53)29-33-71-65(81)57-37-51-41-73(39-49(51)35-55(57)63(79)69-31-11-9-19-61(77)83-43-47-13-3-1-4-14-47)59(75)17-7-8-18-60(76)74-40-50-36-56(64(80)70-32-12-10-20-62(78)84-44-48-15-5-2-6-16-48)58(38-52(50)42-74)66(82)72-34-30-46-23-27-54(68)28-24-46/h1-6,13-16,21-28,35-38H,7-12,17-20,29-34,39-44H2,(H,69,79)(H,70,80)(H,71,81)(H,72,82). The number of hydrogen-bond acceptors (Lipinski definition) is 10. The van der Waals surface area contributed by atoms with Gasteiger partial charge in [0.25, 0.3) is 23.6 Å². The molecule has 0 atom stereocenters. The molecule has 0 unspecified atom stereocenters. The molecule has 2 aliphatic rings.